The van der Waals surface area contributed by atoms with Crippen LogP contribution in [0.3, 0.4) is 0 Å². The first-order chi connectivity index (χ1) is 58.8. The number of hydrogen-bond donors (Lipinski definition) is 18. The van der Waals surface area contributed by atoms with Gasteiger partial charge in [-0.15, -0.1) is 0 Å². The van der Waals surface area contributed by atoms with E-state index < -0.39 is 203 Å². The highest BCUT2D eigenvalue weighted by molar-refractivity contribution is 7.47. The van der Waals surface area contributed by atoms with E-state index in [2.05, 4.69) is 31.9 Å². The molecule has 3 saturated heterocycles. The van der Waals surface area contributed by atoms with Gasteiger partial charge in [0.25, 0.3) is 0 Å². The van der Waals surface area contributed by atoms with Gasteiger partial charge < -0.3 is 141 Å². The Bertz CT molecular complexity index is 3190. The first-order valence-electron chi connectivity index (χ1n) is 43.4. The van der Waals surface area contributed by atoms with Gasteiger partial charge in [-0.3, -0.25) is 61.2 Å². The largest absolute Gasteiger partial charge is 0.472 e. The highest BCUT2D eigenvalue weighted by atomic mass is 31.2. The molecule has 712 valence electrons. The summed E-state index contributed by atoms with van der Waals surface area (Å²) < 4.78 is 88.0. The van der Waals surface area contributed by atoms with Crippen molar-refractivity contribution in [2.24, 2.45) is 11.8 Å². The smallest absolute Gasteiger partial charge is 0.395 e. The number of nitrogens with one attached hydrogen (secondary N) is 6. The molecule has 3 aliphatic heterocycles. The van der Waals surface area contributed by atoms with Gasteiger partial charge in [0, 0.05) is 138 Å². The summed E-state index contributed by atoms with van der Waals surface area (Å²) in [6, 6.07) is -3.30. The molecule has 17 unspecified atom stereocenters. The molecule has 45 heteroatoms. The zero-order valence-corrected chi connectivity index (χ0v) is 73.2. The van der Waals surface area contributed by atoms with E-state index in [0.717, 1.165) is 36.5 Å². The normalized spacial score (nSPS) is 26.5. The molecule has 5 aliphatic rings. The van der Waals surface area contributed by atoms with Gasteiger partial charge in [-0.25, -0.2) is 9.13 Å². The van der Waals surface area contributed by atoms with E-state index in [4.69, 9.17) is 51.3 Å². The molecule has 0 aromatic heterocycles. The minimum atomic E-state index is -4.93. The fourth-order valence-electron chi connectivity index (χ4n) is 15.3. The second-order valence-electron chi connectivity index (χ2n) is 31.6. The third-order valence-corrected chi connectivity index (χ3v) is 24.1. The molecule has 0 aromatic carbocycles. The van der Waals surface area contributed by atoms with Gasteiger partial charge in [0.15, 0.2) is 18.9 Å². The summed E-state index contributed by atoms with van der Waals surface area (Å²) in [5, 5.41) is 117. The molecule has 123 heavy (non-hydrogen) atoms. The van der Waals surface area contributed by atoms with Crippen molar-refractivity contribution < 1.29 is 164 Å². The molecule has 43 nitrogen and oxygen atoms in total. The third-order valence-electron chi connectivity index (χ3n) is 22.1. The van der Waals surface area contributed by atoms with Crippen LogP contribution in [0.4, 0.5) is 0 Å². The Hall–Kier alpha value is -5.23. The average Bonchev–Trinajstić information content (AvgIpc) is 0.817. The highest BCUT2D eigenvalue weighted by Gasteiger charge is 2.48. The lowest BCUT2D eigenvalue weighted by Crippen LogP contribution is -2.64. The van der Waals surface area contributed by atoms with E-state index in [9.17, 15) is 113 Å². The van der Waals surface area contributed by atoms with E-state index in [0.29, 0.717) is 63.7 Å². The fraction of sp³-hybridized carbons (Fsp3) is 0.885. The molecule has 0 bridgehead atoms. The first-order valence-corrected chi connectivity index (χ1v) is 46.4. The molecule has 18 N–H and O–H groups in total. The Labute approximate surface area is 719 Å². The van der Waals surface area contributed by atoms with E-state index in [1.54, 1.807) is 0 Å². The van der Waals surface area contributed by atoms with Crippen LogP contribution in [-0.4, -0.2) is 365 Å². The number of rotatable bonds is 62. The maximum Gasteiger partial charge on any atom is 0.472 e. The fourth-order valence-corrected chi connectivity index (χ4v) is 16.7. The monoisotopic (exact) mass is 1810 g/mol. The Balaban J connectivity index is 1.09. The average molecular weight is 1810 g/mol. The highest BCUT2D eigenvalue weighted by Crippen LogP contribution is 2.44. The molecule has 5 fully saturated rings. The van der Waals surface area contributed by atoms with E-state index >= 15 is 0 Å². The molecule has 0 radical (unpaired) electrons. The molecule has 2 saturated carbocycles. The third kappa shape index (κ3) is 41.8. The van der Waals surface area contributed by atoms with Crippen molar-refractivity contribution in [1.82, 2.24) is 46.6 Å². The van der Waals surface area contributed by atoms with Crippen LogP contribution < -0.4 is 31.9 Å². The number of aliphatic hydroxyl groups excluding tert-OH is 10. The minimum absolute atomic E-state index is 0.00207. The number of hydrogen-bond acceptors (Lipinski definition) is 32. The van der Waals surface area contributed by atoms with Gasteiger partial charge in [-0.1, -0.05) is 51.4 Å². The number of ether oxygens (including phenoxy) is 7. The summed E-state index contributed by atoms with van der Waals surface area (Å²) in [4.78, 5) is 140. The van der Waals surface area contributed by atoms with Crippen LogP contribution in [0.15, 0.2) is 0 Å². The zero-order valence-electron chi connectivity index (χ0n) is 71.4. The number of phosphoric acid groups is 2. The topological polar surface area (TPSA) is 614 Å². The van der Waals surface area contributed by atoms with Crippen molar-refractivity contribution in [3.05, 3.63) is 0 Å². The van der Waals surface area contributed by atoms with Crippen molar-refractivity contribution in [1.29, 1.82) is 0 Å². The first kappa shape index (κ1) is 108. The van der Waals surface area contributed by atoms with E-state index in [1.165, 1.54) is 62.7 Å². The van der Waals surface area contributed by atoms with Crippen molar-refractivity contribution >= 4 is 68.8 Å². The standard InChI is InChI=1S/C78H141N9O34P2/c1-52(92)82-67-73(104)70(101)58(49-89)119-76(67)112-41-13-5-10-21-61(95)79-31-16-24-64(98)85(34-40-88)36-45-115-122(107,108)117-47-38-87(66(100)26-18-33-81-63(97)23-12-7-15-43-114-78-69(84-54(3)94)75(106)72(103)60(51-91)121-78)39-48-118-123(109,110)116-46-37-86(35-44-111-57-29-27-56(28-30-57)55-19-8-4-9-20-55)65(99)25-17-32-80-62(96)22-11-6-14-42-113-77-68(83-53(2)93)74(105)71(102)59(50-90)120-77/h55-60,67-78,88-91,101-106H,4-51H2,1-3H3,(H,79,95)(H,80,96)(H,81,97)(H,82,92)(H,83,93)(H,84,94)(H,107,108)(H,109,110). The van der Waals surface area contributed by atoms with E-state index in [1.807, 2.05) is 0 Å². The molecule has 0 aromatic rings. The second-order valence-corrected chi connectivity index (χ2v) is 34.6. The van der Waals surface area contributed by atoms with Gasteiger partial charge in [-0.2, -0.15) is 0 Å². The van der Waals surface area contributed by atoms with Gasteiger partial charge in [0.2, 0.25) is 53.2 Å². The summed E-state index contributed by atoms with van der Waals surface area (Å²) in [6.07, 6.45) is -0.641. The van der Waals surface area contributed by atoms with Crippen LogP contribution in [0.5, 0.6) is 0 Å². The van der Waals surface area contributed by atoms with Gasteiger partial charge >= 0.3 is 15.6 Å². The molecule has 2 aliphatic carbocycles. The van der Waals surface area contributed by atoms with Crippen molar-refractivity contribution in [3.8, 4) is 0 Å². The molecule has 9 amide bonds. The number of unbranched alkanes of at least 4 members (excludes halogenated alkanes) is 6. The Morgan fingerprint density at radius 3 is 0.951 bits per heavy atom. The van der Waals surface area contributed by atoms with Crippen LogP contribution in [0, 0.1) is 11.8 Å². The molecule has 0 spiro atoms. The number of amides is 9. The molecule has 5 rings (SSSR count). The van der Waals surface area contributed by atoms with Crippen LogP contribution in [0.25, 0.3) is 0 Å². The van der Waals surface area contributed by atoms with Crippen molar-refractivity contribution in [2.45, 2.75) is 292 Å². The summed E-state index contributed by atoms with van der Waals surface area (Å²) in [7, 11) is -9.85. The number of carbonyl (C=O) groups excluding carboxylic acids is 9. The van der Waals surface area contributed by atoms with Crippen LogP contribution in [-0.2, 0) is 104 Å². The number of phosphoric ester groups is 2. The molecule has 3 heterocycles. The maximum absolute atomic E-state index is 13.9. The number of nitrogens with zero attached hydrogens (tertiary/aromatic N) is 3. The van der Waals surface area contributed by atoms with Crippen molar-refractivity contribution in [2.75, 3.05) is 138 Å². The van der Waals surface area contributed by atoms with Gasteiger partial charge in [0.05, 0.1) is 65.6 Å². The lowest BCUT2D eigenvalue weighted by atomic mass is 9.73. The van der Waals surface area contributed by atoms with Gasteiger partial charge in [-0.05, 0) is 95.3 Å². The number of carbonyl (C=O) groups is 9. The maximum atomic E-state index is 13.9. The summed E-state index contributed by atoms with van der Waals surface area (Å²) in [5.74, 6) is -2.41. The lowest BCUT2D eigenvalue weighted by Gasteiger charge is -2.42. The Kier molecular flexibility index (Phi) is 52.7. The number of aliphatic hydroxyl groups is 10. The summed E-state index contributed by atoms with van der Waals surface area (Å²) >= 11 is 0. The second kappa shape index (κ2) is 59.8. The summed E-state index contributed by atoms with van der Waals surface area (Å²) in [5.41, 5.74) is 0. The predicted octanol–water partition coefficient (Wildman–Crippen LogP) is -1.86. The molecule has 17 atom stereocenters. The Morgan fingerprint density at radius 2 is 0.650 bits per heavy atom. The lowest BCUT2D eigenvalue weighted by molar-refractivity contribution is -0.270. The van der Waals surface area contributed by atoms with Crippen LogP contribution in [0.2, 0.25) is 0 Å². The molecular formula is C78H141N9O34P2. The van der Waals surface area contributed by atoms with E-state index in [-0.39, 0.29) is 160 Å². The quantitative estimate of drug-likeness (QED) is 0.0234. The van der Waals surface area contributed by atoms with Gasteiger partial charge in [0.1, 0.15) is 73.1 Å². The predicted molar refractivity (Wildman–Crippen MR) is 435 cm³/mol. The zero-order chi connectivity index (χ0) is 90.3. The summed E-state index contributed by atoms with van der Waals surface area (Å²) in [6.45, 7) is -1.41. The Morgan fingerprint density at radius 1 is 0.350 bits per heavy atom. The van der Waals surface area contributed by atoms with Crippen molar-refractivity contribution in [3.63, 3.8) is 0 Å². The SMILES string of the molecule is CC(=O)NC1C(OCCCCCC(=O)NCCCC(=O)N(CCO)CCOP(=O)(O)OCCN(CCOP(=O)(O)OCCN(CCOC2CCC(C3CCCCC3)CC2)C(=O)CCCNC(=O)CCCCCOC2OC(CO)C(O)C(O)C2NC(C)=O)C(=O)CCCNC(=O)CCCCCOC2OC(CO)C(O)C(O)C2NC(C)=O)OC(CO)C(O)C1O. The van der Waals surface area contributed by atoms with Crippen LogP contribution in [0.1, 0.15) is 194 Å². The molecular weight excluding hydrogens is 1670 g/mol. The minimum Gasteiger partial charge on any atom is -0.395 e. The van der Waals surface area contributed by atoms with Crippen LogP contribution >= 0.6 is 15.6 Å².